The van der Waals surface area contributed by atoms with Gasteiger partial charge < -0.3 is 10.2 Å². The standard InChI is InChI=1S/C16H24N4O/c1-12-17-10-7-13(19-12)15(21)20-11-5-8-16(2)14(20)6-3-4-9-18-16/h7,10,14,18H,3-6,8-9,11H2,1-2H3/t14-,16-/m0/s1. The average molecular weight is 288 g/mol. The minimum atomic E-state index is 0.0481. The van der Waals surface area contributed by atoms with Crippen molar-refractivity contribution in [3.05, 3.63) is 23.8 Å². The molecule has 2 saturated heterocycles. The Labute approximate surface area is 126 Å². The first kappa shape index (κ1) is 14.4. The summed E-state index contributed by atoms with van der Waals surface area (Å²) in [7, 11) is 0. The van der Waals surface area contributed by atoms with Gasteiger partial charge in [-0.05, 0) is 52.1 Å². The van der Waals surface area contributed by atoms with Crippen LogP contribution in [0.4, 0.5) is 0 Å². The van der Waals surface area contributed by atoms with Crippen molar-refractivity contribution in [2.24, 2.45) is 0 Å². The van der Waals surface area contributed by atoms with Crippen LogP contribution in [0.5, 0.6) is 0 Å². The summed E-state index contributed by atoms with van der Waals surface area (Å²) in [4.78, 5) is 23.3. The number of aryl methyl sites for hydroxylation is 1. The van der Waals surface area contributed by atoms with E-state index >= 15 is 0 Å². The van der Waals surface area contributed by atoms with E-state index < -0.39 is 0 Å². The Morgan fingerprint density at radius 3 is 3.10 bits per heavy atom. The van der Waals surface area contributed by atoms with Crippen molar-refractivity contribution < 1.29 is 4.79 Å². The number of fused-ring (bicyclic) bond motifs is 1. The second-order valence-corrected chi connectivity index (χ2v) is 6.45. The highest BCUT2D eigenvalue weighted by molar-refractivity contribution is 5.92. The Bertz CT molecular complexity index is 533. The molecule has 1 aromatic rings. The lowest BCUT2D eigenvalue weighted by Gasteiger charge is -2.48. The van der Waals surface area contributed by atoms with Gasteiger partial charge in [0.05, 0.1) is 0 Å². The smallest absolute Gasteiger partial charge is 0.272 e. The van der Waals surface area contributed by atoms with Crippen LogP contribution in [0.2, 0.25) is 0 Å². The fourth-order valence-corrected chi connectivity index (χ4v) is 3.77. The molecule has 114 valence electrons. The number of rotatable bonds is 1. The molecule has 0 aromatic carbocycles. The first-order valence-corrected chi connectivity index (χ1v) is 7.96. The molecule has 0 saturated carbocycles. The molecule has 1 amide bonds. The molecule has 5 heteroatoms. The third-order valence-electron chi connectivity index (χ3n) is 4.90. The molecule has 1 aromatic heterocycles. The van der Waals surface area contributed by atoms with E-state index in [0.29, 0.717) is 11.5 Å². The first-order valence-electron chi connectivity index (χ1n) is 7.96. The quantitative estimate of drug-likeness (QED) is 0.858. The van der Waals surface area contributed by atoms with Crippen molar-refractivity contribution in [1.29, 1.82) is 0 Å². The molecule has 3 rings (SSSR count). The molecule has 2 fully saturated rings. The number of likely N-dealkylation sites (tertiary alicyclic amines) is 1. The summed E-state index contributed by atoms with van der Waals surface area (Å²) < 4.78 is 0. The largest absolute Gasteiger partial charge is 0.332 e. The van der Waals surface area contributed by atoms with Crippen molar-refractivity contribution in [3.8, 4) is 0 Å². The summed E-state index contributed by atoms with van der Waals surface area (Å²) in [6.45, 7) is 5.99. The lowest BCUT2D eigenvalue weighted by atomic mass is 9.81. The Balaban J connectivity index is 1.87. The van der Waals surface area contributed by atoms with Gasteiger partial charge in [-0.25, -0.2) is 9.97 Å². The Hall–Kier alpha value is -1.49. The van der Waals surface area contributed by atoms with Gasteiger partial charge in [0.25, 0.3) is 5.91 Å². The van der Waals surface area contributed by atoms with Gasteiger partial charge >= 0.3 is 0 Å². The molecule has 1 N–H and O–H groups in total. The molecular formula is C16H24N4O. The van der Waals surface area contributed by atoms with E-state index in [4.69, 9.17) is 0 Å². The maximum absolute atomic E-state index is 12.9. The Morgan fingerprint density at radius 1 is 1.43 bits per heavy atom. The highest BCUT2D eigenvalue weighted by Crippen LogP contribution is 2.33. The van der Waals surface area contributed by atoms with Crippen LogP contribution >= 0.6 is 0 Å². The number of carbonyl (C=O) groups excluding carboxylic acids is 1. The zero-order valence-electron chi connectivity index (χ0n) is 12.9. The fourth-order valence-electron chi connectivity index (χ4n) is 3.77. The number of nitrogens with zero attached hydrogens (tertiary/aromatic N) is 3. The van der Waals surface area contributed by atoms with Crippen LogP contribution in [0, 0.1) is 6.92 Å². The number of hydrogen-bond donors (Lipinski definition) is 1. The van der Waals surface area contributed by atoms with Crippen molar-refractivity contribution in [2.75, 3.05) is 13.1 Å². The maximum Gasteiger partial charge on any atom is 0.272 e. The molecular weight excluding hydrogens is 264 g/mol. The highest BCUT2D eigenvalue weighted by atomic mass is 16.2. The van der Waals surface area contributed by atoms with E-state index in [1.54, 1.807) is 12.3 Å². The van der Waals surface area contributed by atoms with Gasteiger partial charge in [-0.2, -0.15) is 0 Å². The number of hydrogen-bond acceptors (Lipinski definition) is 4. The van der Waals surface area contributed by atoms with E-state index in [1.807, 2.05) is 11.8 Å². The second kappa shape index (κ2) is 5.72. The highest BCUT2D eigenvalue weighted by Gasteiger charge is 2.43. The minimum absolute atomic E-state index is 0.0481. The lowest BCUT2D eigenvalue weighted by molar-refractivity contribution is 0.0374. The van der Waals surface area contributed by atoms with Gasteiger partial charge in [0.1, 0.15) is 11.5 Å². The van der Waals surface area contributed by atoms with Gasteiger partial charge in [0, 0.05) is 24.3 Å². The lowest BCUT2D eigenvalue weighted by Crippen LogP contribution is -2.62. The van der Waals surface area contributed by atoms with E-state index in [1.165, 1.54) is 12.8 Å². The molecule has 2 aliphatic rings. The van der Waals surface area contributed by atoms with Crippen LogP contribution in [-0.4, -0.2) is 45.4 Å². The molecule has 2 atom stereocenters. The third kappa shape index (κ3) is 2.79. The summed E-state index contributed by atoms with van der Waals surface area (Å²) in [5.74, 6) is 0.708. The molecule has 2 aliphatic heterocycles. The zero-order valence-corrected chi connectivity index (χ0v) is 12.9. The molecule has 0 aliphatic carbocycles. The molecule has 0 radical (unpaired) electrons. The fraction of sp³-hybridized carbons (Fsp3) is 0.688. The summed E-state index contributed by atoms with van der Waals surface area (Å²) in [5, 5.41) is 3.68. The van der Waals surface area contributed by atoms with Gasteiger partial charge in [0.2, 0.25) is 0 Å². The van der Waals surface area contributed by atoms with Gasteiger partial charge in [-0.3, -0.25) is 4.79 Å². The molecule has 21 heavy (non-hydrogen) atoms. The van der Waals surface area contributed by atoms with Crippen molar-refractivity contribution in [2.45, 2.75) is 57.5 Å². The zero-order chi connectivity index (χ0) is 14.9. The summed E-state index contributed by atoms with van der Waals surface area (Å²) in [6.07, 6.45) is 7.32. The van der Waals surface area contributed by atoms with E-state index in [9.17, 15) is 4.79 Å². The van der Waals surface area contributed by atoms with Crippen LogP contribution < -0.4 is 5.32 Å². The van der Waals surface area contributed by atoms with Crippen LogP contribution in [0.15, 0.2) is 12.3 Å². The van der Waals surface area contributed by atoms with Crippen LogP contribution in [0.25, 0.3) is 0 Å². The molecule has 3 heterocycles. The van der Waals surface area contributed by atoms with Crippen molar-refractivity contribution in [3.63, 3.8) is 0 Å². The summed E-state index contributed by atoms with van der Waals surface area (Å²) in [6, 6.07) is 2.00. The Kier molecular flexibility index (Phi) is 3.93. The first-order chi connectivity index (χ1) is 10.1. The van der Waals surface area contributed by atoms with Gasteiger partial charge in [-0.15, -0.1) is 0 Å². The normalized spacial score (nSPS) is 29.6. The van der Waals surface area contributed by atoms with Crippen LogP contribution in [0.1, 0.15) is 55.3 Å². The van der Waals surface area contributed by atoms with E-state index in [-0.39, 0.29) is 17.5 Å². The van der Waals surface area contributed by atoms with E-state index in [2.05, 4.69) is 22.2 Å². The predicted molar refractivity (Wildman–Crippen MR) is 81.1 cm³/mol. The summed E-state index contributed by atoms with van der Waals surface area (Å²) >= 11 is 0. The van der Waals surface area contributed by atoms with Crippen LogP contribution in [0.3, 0.4) is 0 Å². The van der Waals surface area contributed by atoms with Crippen LogP contribution in [-0.2, 0) is 0 Å². The molecule has 0 bridgehead atoms. The predicted octanol–water partition coefficient (Wildman–Crippen LogP) is 1.92. The van der Waals surface area contributed by atoms with Crippen molar-refractivity contribution in [1.82, 2.24) is 20.2 Å². The molecule has 0 spiro atoms. The van der Waals surface area contributed by atoms with Gasteiger partial charge in [-0.1, -0.05) is 6.42 Å². The number of piperidine rings is 1. The number of nitrogens with one attached hydrogen (secondary N) is 1. The number of amides is 1. The Morgan fingerprint density at radius 2 is 2.29 bits per heavy atom. The SMILES string of the molecule is Cc1nccc(C(=O)N2CCC[C@]3(C)NCCCC[C@H]23)n1. The average Bonchev–Trinajstić information content (AvgIpc) is 2.67. The number of aromatic nitrogens is 2. The second-order valence-electron chi connectivity index (χ2n) is 6.45. The number of carbonyl (C=O) groups is 1. The molecule has 5 nitrogen and oxygen atoms in total. The maximum atomic E-state index is 12.9. The monoisotopic (exact) mass is 288 g/mol. The molecule has 0 unspecified atom stereocenters. The van der Waals surface area contributed by atoms with E-state index in [0.717, 1.165) is 32.4 Å². The topological polar surface area (TPSA) is 58.1 Å². The third-order valence-corrected chi connectivity index (χ3v) is 4.90. The van der Waals surface area contributed by atoms with Gasteiger partial charge in [0.15, 0.2) is 0 Å². The minimum Gasteiger partial charge on any atom is -0.332 e. The van der Waals surface area contributed by atoms with Crippen molar-refractivity contribution >= 4 is 5.91 Å². The summed E-state index contributed by atoms with van der Waals surface area (Å²) in [5.41, 5.74) is 0.572.